The highest BCUT2D eigenvalue weighted by Crippen LogP contribution is 2.06. The van der Waals surface area contributed by atoms with Gasteiger partial charge in [-0.2, -0.15) is 0 Å². The summed E-state index contributed by atoms with van der Waals surface area (Å²) in [6.07, 6.45) is 1.52. The molecule has 1 amide bonds. The second-order valence-electron chi connectivity index (χ2n) is 3.47. The zero-order valence-corrected chi connectivity index (χ0v) is 11.5. The van der Waals surface area contributed by atoms with Crippen molar-refractivity contribution in [1.29, 1.82) is 0 Å². The lowest BCUT2D eigenvalue weighted by molar-refractivity contribution is -0.123. The Balaban J connectivity index is 4.01. The number of nitrogens with two attached hydrogens (primary N) is 1. The fraction of sp³-hybridized carbons (Fsp3) is 0.800. The van der Waals surface area contributed by atoms with Crippen LogP contribution in [0.15, 0.2) is 0 Å². The lowest BCUT2D eigenvalue weighted by atomic mass is 10.0. The van der Waals surface area contributed by atoms with E-state index in [4.69, 9.17) is 18.0 Å². The van der Waals surface area contributed by atoms with Crippen LogP contribution in [0.5, 0.6) is 0 Å². The van der Waals surface area contributed by atoms with Gasteiger partial charge in [-0.1, -0.05) is 32.5 Å². The standard InChI is InChI=1S/C10H20N2O2S2/c1-3-5-8(9(11)15)10(13)12-6-7-16(14)4-2/h8H,3-7H2,1-2H3,(H2,11,15)(H,12,13). The van der Waals surface area contributed by atoms with Crippen LogP contribution >= 0.6 is 12.2 Å². The quantitative estimate of drug-likeness (QED) is 0.629. The van der Waals surface area contributed by atoms with E-state index in [0.29, 0.717) is 24.5 Å². The first-order valence-electron chi connectivity index (χ1n) is 5.44. The molecule has 0 aliphatic rings. The van der Waals surface area contributed by atoms with Crippen molar-refractivity contribution in [2.45, 2.75) is 26.7 Å². The largest absolute Gasteiger partial charge is 0.393 e. The summed E-state index contributed by atoms with van der Waals surface area (Å²) in [5.41, 5.74) is 5.49. The van der Waals surface area contributed by atoms with Crippen molar-refractivity contribution >= 4 is 33.9 Å². The van der Waals surface area contributed by atoms with E-state index in [1.54, 1.807) is 0 Å². The molecule has 0 bridgehead atoms. The average molecular weight is 264 g/mol. The number of amides is 1. The number of thiocarbonyl (C=S) groups is 1. The summed E-state index contributed by atoms with van der Waals surface area (Å²) in [5.74, 6) is 0.555. The number of carbonyl (C=O) groups is 1. The van der Waals surface area contributed by atoms with Gasteiger partial charge < -0.3 is 11.1 Å². The Labute approximate surface area is 105 Å². The molecule has 16 heavy (non-hydrogen) atoms. The van der Waals surface area contributed by atoms with Crippen molar-refractivity contribution in [3.8, 4) is 0 Å². The Hall–Kier alpha value is -0.490. The predicted molar refractivity (Wildman–Crippen MR) is 71.7 cm³/mol. The van der Waals surface area contributed by atoms with E-state index in [1.807, 2.05) is 13.8 Å². The minimum atomic E-state index is -0.850. The van der Waals surface area contributed by atoms with Crippen LogP contribution in [0.3, 0.4) is 0 Å². The van der Waals surface area contributed by atoms with Gasteiger partial charge in [-0.05, 0) is 6.42 Å². The Morgan fingerprint density at radius 2 is 2.12 bits per heavy atom. The molecule has 0 saturated heterocycles. The molecule has 94 valence electrons. The molecule has 0 aliphatic heterocycles. The maximum Gasteiger partial charge on any atom is 0.229 e. The Bertz CT molecular complexity index is 270. The van der Waals surface area contributed by atoms with E-state index < -0.39 is 16.7 Å². The highest BCUT2D eigenvalue weighted by atomic mass is 32.2. The van der Waals surface area contributed by atoms with Gasteiger partial charge >= 0.3 is 0 Å². The van der Waals surface area contributed by atoms with Crippen LogP contribution in [0.25, 0.3) is 0 Å². The Kier molecular flexibility index (Phi) is 8.37. The van der Waals surface area contributed by atoms with E-state index in [1.165, 1.54) is 0 Å². The zero-order chi connectivity index (χ0) is 12.6. The second-order valence-corrected chi connectivity index (χ2v) is 5.80. The van der Waals surface area contributed by atoms with Crippen molar-refractivity contribution in [2.75, 3.05) is 18.1 Å². The first-order chi connectivity index (χ1) is 7.52. The van der Waals surface area contributed by atoms with Crippen molar-refractivity contribution in [3.05, 3.63) is 0 Å². The van der Waals surface area contributed by atoms with Crippen LogP contribution < -0.4 is 11.1 Å². The molecule has 4 nitrogen and oxygen atoms in total. The highest BCUT2D eigenvalue weighted by molar-refractivity contribution is 7.84. The minimum Gasteiger partial charge on any atom is -0.393 e. The summed E-state index contributed by atoms with van der Waals surface area (Å²) >= 11 is 4.84. The molecule has 0 rings (SSSR count). The summed E-state index contributed by atoms with van der Waals surface area (Å²) in [4.78, 5) is 11.9. The summed E-state index contributed by atoms with van der Waals surface area (Å²) in [7, 11) is -0.850. The number of hydrogen-bond donors (Lipinski definition) is 2. The monoisotopic (exact) mass is 264 g/mol. The lowest BCUT2D eigenvalue weighted by Gasteiger charge is -2.14. The maximum absolute atomic E-state index is 11.7. The molecule has 0 saturated carbocycles. The van der Waals surface area contributed by atoms with Gasteiger partial charge in [-0.3, -0.25) is 9.00 Å². The van der Waals surface area contributed by atoms with Crippen LogP contribution in [0.2, 0.25) is 0 Å². The maximum atomic E-state index is 11.7. The van der Waals surface area contributed by atoms with Crippen molar-refractivity contribution in [3.63, 3.8) is 0 Å². The first kappa shape index (κ1) is 15.5. The topological polar surface area (TPSA) is 72.2 Å². The smallest absolute Gasteiger partial charge is 0.229 e. The fourth-order valence-electron chi connectivity index (χ4n) is 1.25. The molecule has 2 unspecified atom stereocenters. The van der Waals surface area contributed by atoms with Crippen molar-refractivity contribution < 1.29 is 9.00 Å². The third kappa shape index (κ3) is 6.17. The number of nitrogens with one attached hydrogen (secondary N) is 1. The summed E-state index contributed by atoms with van der Waals surface area (Å²) < 4.78 is 11.1. The fourth-order valence-corrected chi connectivity index (χ4v) is 2.09. The van der Waals surface area contributed by atoms with Crippen LogP contribution in [-0.2, 0) is 15.6 Å². The molecule has 3 N–H and O–H groups in total. The third-order valence-corrected chi connectivity index (χ3v) is 3.78. The second kappa shape index (κ2) is 8.64. The van der Waals surface area contributed by atoms with Gasteiger partial charge in [0, 0.05) is 28.9 Å². The van der Waals surface area contributed by atoms with Gasteiger partial charge in [-0.25, -0.2) is 0 Å². The van der Waals surface area contributed by atoms with Gasteiger partial charge in [0.1, 0.15) is 0 Å². The normalized spacial score (nSPS) is 14.1. The first-order valence-corrected chi connectivity index (χ1v) is 7.34. The molecular weight excluding hydrogens is 244 g/mol. The highest BCUT2D eigenvalue weighted by Gasteiger charge is 2.19. The minimum absolute atomic E-state index is 0.151. The lowest BCUT2D eigenvalue weighted by Crippen LogP contribution is -2.39. The molecule has 0 aromatic carbocycles. The van der Waals surface area contributed by atoms with Gasteiger partial charge in [0.2, 0.25) is 5.91 Å². The van der Waals surface area contributed by atoms with E-state index in [0.717, 1.165) is 6.42 Å². The zero-order valence-electron chi connectivity index (χ0n) is 9.82. The Morgan fingerprint density at radius 3 is 2.56 bits per heavy atom. The van der Waals surface area contributed by atoms with Crippen molar-refractivity contribution in [1.82, 2.24) is 5.32 Å². The Morgan fingerprint density at radius 1 is 1.50 bits per heavy atom. The number of rotatable bonds is 8. The van der Waals surface area contributed by atoms with Gasteiger partial charge in [-0.15, -0.1) is 0 Å². The van der Waals surface area contributed by atoms with Gasteiger partial charge in [0.05, 0.1) is 10.9 Å². The predicted octanol–water partition coefficient (Wildman–Crippen LogP) is 0.574. The number of hydrogen-bond acceptors (Lipinski definition) is 3. The van der Waals surface area contributed by atoms with Gasteiger partial charge in [0.15, 0.2) is 0 Å². The molecule has 0 aliphatic carbocycles. The third-order valence-electron chi connectivity index (χ3n) is 2.19. The summed E-state index contributed by atoms with van der Waals surface area (Å²) in [6, 6.07) is 0. The molecule has 0 aromatic rings. The van der Waals surface area contributed by atoms with E-state index in [-0.39, 0.29) is 10.9 Å². The molecule has 0 radical (unpaired) electrons. The molecule has 0 aromatic heterocycles. The van der Waals surface area contributed by atoms with Crippen LogP contribution in [0, 0.1) is 5.92 Å². The SMILES string of the molecule is CCCC(C(=O)NCCS(=O)CC)C(N)=S. The van der Waals surface area contributed by atoms with Crippen LogP contribution in [0.1, 0.15) is 26.7 Å². The molecule has 0 fully saturated rings. The molecule has 2 atom stereocenters. The van der Waals surface area contributed by atoms with Crippen LogP contribution in [0.4, 0.5) is 0 Å². The van der Waals surface area contributed by atoms with Gasteiger partial charge in [0.25, 0.3) is 0 Å². The average Bonchev–Trinajstić information content (AvgIpc) is 2.24. The van der Waals surface area contributed by atoms with E-state index in [2.05, 4.69) is 5.32 Å². The van der Waals surface area contributed by atoms with Crippen molar-refractivity contribution in [2.24, 2.45) is 11.7 Å². The van der Waals surface area contributed by atoms with E-state index in [9.17, 15) is 9.00 Å². The molecular formula is C10H20N2O2S2. The molecule has 0 spiro atoms. The summed E-state index contributed by atoms with van der Waals surface area (Å²) in [6.45, 7) is 4.25. The molecule has 6 heteroatoms. The van der Waals surface area contributed by atoms with Crippen LogP contribution in [-0.4, -0.2) is 33.2 Å². The molecule has 0 heterocycles. The van der Waals surface area contributed by atoms with E-state index >= 15 is 0 Å². The number of carbonyl (C=O) groups excluding carboxylic acids is 1. The summed E-state index contributed by atoms with van der Waals surface area (Å²) in [5, 5.41) is 2.71.